The van der Waals surface area contributed by atoms with Crippen LogP contribution in [0.25, 0.3) is 11.1 Å². The fourth-order valence-electron chi connectivity index (χ4n) is 4.04. The maximum absolute atomic E-state index is 13.1. The Morgan fingerprint density at radius 2 is 1.41 bits per heavy atom. The van der Waals surface area contributed by atoms with Crippen molar-refractivity contribution in [2.75, 3.05) is 7.11 Å². The van der Waals surface area contributed by atoms with Gasteiger partial charge in [0.05, 0.1) is 24.1 Å². The minimum absolute atomic E-state index is 0.0291. The van der Waals surface area contributed by atoms with Crippen LogP contribution in [0.3, 0.4) is 0 Å². The predicted molar refractivity (Wildman–Crippen MR) is 147 cm³/mol. The standard InChI is InChI=1S/C29H25NO7.C2H6/c1-18(31)25-16-24(20-8-12-22(32)13-9-20)26(30(25)17-19-6-4-3-5-7-19)27(29(35)36-2)37-28(34)21-10-14-23(33)15-11-21;1-2/h3-16,27,32-33H,17H2,1-2H3;1-2H3. The minimum Gasteiger partial charge on any atom is -0.508 e. The maximum Gasteiger partial charge on any atom is 0.353 e. The van der Waals surface area contributed by atoms with Crippen LogP contribution in [0.2, 0.25) is 0 Å². The Hall–Kier alpha value is -4.85. The van der Waals surface area contributed by atoms with Crippen LogP contribution in [0, 0.1) is 0 Å². The van der Waals surface area contributed by atoms with Gasteiger partial charge in [-0.1, -0.05) is 56.3 Å². The summed E-state index contributed by atoms with van der Waals surface area (Å²) in [5.74, 6) is -1.89. The molecule has 4 rings (SSSR count). The van der Waals surface area contributed by atoms with Gasteiger partial charge < -0.3 is 24.3 Å². The third kappa shape index (κ3) is 6.73. The van der Waals surface area contributed by atoms with E-state index in [2.05, 4.69) is 0 Å². The summed E-state index contributed by atoms with van der Waals surface area (Å²) in [6, 6.07) is 22.6. The van der Waals surface area contributed by atoms with E-state index in [1.54, 1.807) is 22.8 Å². The highest BCUT2D eigenvalue weighted by atomic mass is 16.6. The SMILES string of the molecule is CC.COC(=O)C(OC(=O)c1ccc(O)cc1)c1c(-c2ccc(O)cc2)cc(C(C)=O)n1Cc1ccccc1. The molecule has 0 saturated carbocycles. The largest absolute Gasteiger partial charge is 0.508 e. The second-order valence-electron chi connectivity index (χ2n) is 8.36. The molecule has 0 aliphatic rings. The van der Waals surface area contributed by atoms with Crippen LogP contribution in [-0.4, -0.2) is 39.6 Å². The van der Waals surface area contributed by atoms with Crippen LogP contribution >= 0.6 is 0 Å². The summed E-state index contributed by atoms with van der Waals surface area (Å²) < 4.78 is 12.4. The molecule has 39 heavy (non-hydrogen) atoms. The fourth-order valence-corrected chi connectivity index (χ4v) is 4.04. The van der Waals surface area contributed by atoms with Crippen LogP contribution < -0.4 is 0 Å². The van der Waals surface area contributed by atoms with Crippen molar-refractivity contribution >= 4 is 17.7 Å². The predicted octanol–water partition coefficient (Wildman–Crippen LogP) is 5.91. The molecular formula is C31H31NO7. The van der Waals surface area contributed by atoms with E-state index < -0.39 is 18.0 Å². The molecular weight excluding hydrogens is 498 g/mol. The highest BCUT2D eigenvalue weighted by molar-refractivity contribution is 5.96. The number of phenols is 2. The third-order valence-corrected chi connectivity index (χ3v) is 5.85. The Kier molecular flexibility index (Phi) is 9.64. The van der Waals surface area contributed by atoms with Gasteiger partial charge in [-0.15, -0.1) is 0 Å². The van der Waals surface area contributed by atoms with Crippen molar-refractivity contribution in [2.45, 2.75) is 33.4 Å². The Labute approximate surface area is 227 Å². The average Bonchev–Trinajstić information content (AvgIpc) is 3.32. The number of hydrogen-bond acceptors (Lipinski definition) is 7. The first kappa shape index (κ1) is 28.7. The summed E-state index contributed by atoms with van der Waals surface area (Å²) in [6.07, 6.45) is -1.52. The number of hydrogen-bond donors (Lipinski definition) is 2. The van der Waals surface area contributed by atoms with Crippen molar-refractivity contribution in [3.05, 3.63) is 107 Å². The second kappa shape index (κ2) is 13.1. The van der Waals surface area contributed by atoms with Gasteiger partial charge in [0, 0.05) is 19.0 Å². The number of carbonyl (C=O) groups excluding carboxylic acids is 3. The van der Waals surface area contributed by atoms with E-state index in [0.717, 1.165) is 5.56 Å². The van der Waals surface area contributed by atoms with Crippen LogP contribution in [0.4, 0.5) is 0 Å². The lowest BCUT2D eigenvalue weighted by atomic mass is 10.0. The quantitative estimate of drug-likeness (QED) is 0.215. The molecule has 2 N–H and O–H groups in total. The molecule has 0 radical (unpaired) electrons. The molecule has 1 heterocycles. The van der Waals surface area contributed by atoms with Gasteiger partial charge in [-0.25, -0.2) is 9.59 Å². The molecule has 8 nitrogen and oxygen atoms in total. The zero-order valence-electron chi connectivity index (χ0n) is 22.3. The monoisotopic (exact) mass is 529 g/mol. The summed E-state index contributed by atoms with van der Waals surface area (Å²) in [7, 11) is 1.18. The number of ketones is 1. The van der Waals surface area contributed by atoms with Gasteiger partial charge in [0.15, 0.2) is 5.78 Å². The highest BCUT2D eigenvalue weighted by Gasteiger charge is 2.34. The Bertz CT molecular complexity index is 1420. The molecule has 1 unspecified atom stereocenters. The normalized spacial score (nSPS) is 11.1. The first-order chi connectivity index (χ1) is 18.8. The van der Waals surface area contributed by atoms with Crippen molar-refractivity contribution in [1.82, 2.24) is 4.57 Å². The number of Topliss-reactive ketones (excluding diaryl/α,β-unsaturated/α-hetero) is 1. The Balaban J connectivity index is 0.00000205. The van der Waals surface area contributed by atoms with Gasteiger partial charge in [0.25, 0.3) is 0 Å². The number of phenolic OH excluding ortho intramolecular Hbond substituents is 2. The van der Waals surface area contributed by atoms with Crippen molar-refractivity contribution in [2.24, 2.45) is 0 Å². The summed E-state index contributed by atoms with van der Waals surface area (Å²) >= 11 is 0. The first-order valence-corrected chi connectivity index (χ1v) is 12.4. The number of carbonyl (C=O) groups is 3. The molecule has 202 valence electrons. The smallest absolute Gasteiger partial charge is 0.353 e. The lowest BCUT2D eigenvalue weighted by molar-refractivity contribution is -0.151. The summed E-state index contributed by atoms with van der Waals surface area (Å²) in [5.41, 5.74) is 2.58. The Morgan fingerprint density at radius 3 is 1.95 bits per heavy atom. The van der Waals surface area contributed by atoms with Crippen LogP contribution in [0.15, 0.2) is 84.9 Å². The van der Waals surface area contributed by atoms with Crippen molar-refractivity contribution in [3.8, 4) is 22.6 Å². The molecule has 0 bridgehead atoms. The number of methoxy groups -OCH3 is 1. The molecule has 0 aliphatic heterocycles. The van der Waals surface area contributed by atoms with Crippen molar-refractivity contribution in [3.63, 3.8) is 0 Å². The summed E-state index contributed by atoms with van der Waals surface area (Å²) in [6.45, 7) is 5.63. The number of nitrogens with zero attached hydrogens (tertiary/aromatic N) is 1. The number of ether oxygens (including phenoxy) is 2. The zero-order chi connectivity index (χ0) is 28.5. The van der Waals surface area contributed by atoms with E-state index in [-0.39, 0.29) is 35.1 Å². The molecule has 0 saturated heterocycles. The van der Waals surface area contributed by atoms with E-state index in [1.807, 2.05) is 44.2 Å². The summed E-state index contributed by atoms with van der Waals surface area (Å²) in [4.78, 5) is 38.9. The van der Waals surface area contributed by atoms with Crippen molar-refractivity contribution in [1.29, 1.82) is 0 Å². The van der Waals surface area contributed by atoms with Gasteiger partial charge >= 0.3 is 11.9 Å². The first-order valence-electron chi connectivity index (χ1n) is 12.4. The number of rotatable bonds is 8. The molecule has 0 fully saturated rings. The molecule has 8 heteroatoms. The van der Waals surface area contributed by atoms with E-state index >= 15 is 0 Å². The number of aromatic hydroxyl groups is 2. The molecule has 1 aromatic heterocycles. The third-order valence-electron chi connectivity index (χ3n) is 5.85. The molecule has 0 spiro atoms. The zero-order valence-corrected chi connectivity index (χ0v) is 22.3. The molecule has 1 atom stereocenters. The molecule has 0 amide bonds. The van der Waals surface area contributed by atoms with Crippen LogP contribution in [0.5, 0.6) is 11.5 Å². The molecule has 0 aliphatic carbocycles. The average molecular weight is 530 g/mol. The van der Waals surface area contributed by atoms with E-state index in [1.165, 1.54) is 50.4 Å². The fraction of sp³-hybridized carbons (Fsp3) is 0.194. The van der Waals surface area contributed by atoms with E-state index in [4.69, 9.17) is 9.47 Å². The second-order valence-corrected chi connectivity index (χ2v) is 8.36. The van der Waals surface area contributed by atoms with Crippen LogP contribution in [0.1, 0.15) is 59.0 Å². The van der Waals surface area contributed by atoms with Gasteiger partial charge in [-0.2, -0.15) is 0 Å². The topological polar surface area (TPSA) is 115 Å². The number of benzene rings is 3. The van der Waals surface area contributed by atoms with Gasteiger partial charge in [-0.05, 0) is 53.6 Å². The maximum atomic E-state index is 13.1. The summed E-state index contributed by atoms with van der Waals surface area (Å²) in [5, 5.41) is 19.4. The Morgan fingerprint density at radius 1 is 0.846 bits per heavy atom. The van der Waals surface area contributed by atoms with E-state index in [9.17, 15) is 24.6 Å². The molecule has 3 aromatic carbocycles. The van der Waals surface area contributed by atoms with Crippen molar-refractivity contribution < 1.29 is 34.1 Å². The van der Waals surface area contributed by atoms with Gasteiger partial charge in [-0.3, -0.25) is 4.79 Å². The van der Waals surface area contributed by atoms with E-state index in [0.29, 0.717) is 16.8 Å². The molecule has 4 aromatic rings. The van der Waals surface area contributed by atoms with Crippen LogP contribution in [-0.2, 0) is 20.8 Å². The lowest BCUT2D eigenvalue weighted by Gasteiger charge is -2.21. The highest BCUT2D eigenvalue weighted by Crippen LogP contribution is 2.36. The number of aromatic nitrogens is 1. The minimum atomic E-state index is -1.52. The van der Waals surface area contributed by atoms with Gasteiger partial charge in [0.2, 0.25) is 6.10 Å². The van der Waals surface area contributed by atoms with Gasteiger partial charge in [0.1, 0.15) is 11.5 Å². The lowest BCUT2D eigenvalue weighted by Crippen LogP contribution is -2.25. The number of esters is 2.